The standard InChI is InChI=1S/C14H15ClN2O3S/c15-13-8-5-10-12(21(16,18)19)7-6-11(14(10)17-13)20-9-3-1-2-4-9/h5-9H,1-4H2,(H2,16,18,19). The Balaban J connectivity index is 2.15. The molecule has 1 aliphatic rings. The molecule has 0 amide bonds. The molecule has 0 aliphatic heterocycles. The number of pyridine rings is 1. The lowest BCUT2D eigenvalue weighted by molar-refractivity contribution is 0.212. The van der Waals surface area contributed by atoms with E-state index in [0.29, 0.717) is 16.7 Å². The molecular weight excluding hydrogens is 312 g/mol. The first kappa shape index (κ1) is 14.6. The summed E-state index contributed by atoms with van der Waals surface area (Å²) in [4.78, 5) is 4.24. The number of aromatic nitrogens is 1. The third-order valence-electron chi connectivity index (χ3n) is 3.65. The number of ether oxygens (including phenoxy) is 1. The molecule has 0 bridgehead atoms. The maximum absolute atomic E-state index is 11.7. The van der Waals surface area contributed by atoms with Gasteiger partial charge in [0.1, 0.15) is 16.4 Å². The normalized spacial score (nSPS) is 16.5. The number of hydrogen-bond acceptors (Lipinski definition) is 4. The van der Waals surface area contributed by atoms with E-state index in [-0.39, 0.29) is 16.2 Å². The lowest BCUT2D eigenvalue weighted by Gasteiger charge is -2.15. The van der Waals surface area contributed by atoms with Crippen molar-refractivity contribution in [1.29, 1.82) is 0 Å². The SMILES string of the molecule is NS(=O)(=O)c1ccc(OC2CCCC2)c2nc(Cl)ccc12. The molecule has 7 heteroatoms. The Bertz CT molecular complexity index is 786. The molecule has 1 aliphatic carbocycles. The van der Waals surface area contributed by atoms with Gasteiger partial charge in [-0.25, -0.2) is 18.5 Å². The van der Waals surface area contributed by atoms with Crippen LogP contribution in [-0.4, -0.2) is 19.5 Å². The van der Waals surface area contributed by atoms with Gasteiger partial charge in [0, 0.05) is 5.39 Å². The van der Waals surface area contributed by atoms with E-state index in [4.69, 9.17) is 21.5 Å². The number of rotatable bonds is 3. The van der Waals surface area contributed by atoms with Crippen LogP contribution in [-0.2, 0) is 10.0 Å². The smallest absolute Gasteiger partial charge is 0.238 e. The number of fused-ring (bicyclic) bond motifs is 1. The van der Waals surface area contributed by atoms with Crippen molar-refractivity contribution in [2.45, 2.75) is 36.7 Å². The van der Waals surface area contributed by atoms with E-state index < -0.39 is 10.0 Å². The molecule has 0 atom stereocenters. The summed E-state index contributed by atoms with van der Waals surface area (Å²) >= 11 is 5.93. The number of nitrogens with two attached hydrogens (primary N) is 1. The van der Waals surface area contributed by atoms with Gasteiger partial charge < -0.3 is 4.74 Å². The first-order valence-electron chi connectivity index (χ1n) is 6.74. The average Bonchev–Trinajstić information content (AvgIpc) is 2.91. The van der Waals surface area contributed by atoms with Crippen molar-refractivity contribution < 1.29 is 13.2 Å². The second-order valence-corrected chi connectivity index (χ2v) is 7.08. The predicted octanol–water partition coefficient (Wildman–Crippen LogP) is 2.86. The summed E-state index contributed by atoms with van der Waals surface area (Å²) in [6, 6.07) is 6.20. The Morgan fingerprint density at radius 1 is 1.19 bits per heavy atom. The summed E-state index contributed by atoms with van der Waals surface area (Å²) in [5.74, 6) is 0.548. The highest BCUT2D eigenvalue weighted by Crippen LogP contribution is 2.33. The largest absolute Gasteiger partial charge is 0.488 e. The van der Waals surface area contributed by atoms with E-state index in [1.807, 2.05) is 0 Å². The minimum Gasteiger partial charge on any atom is -0.488 e. The monoisotopic (exact) mass is 326 g/mol. The van der Waals surface area contributed by atoms with Crippen molar-refractivity contribution in [3.63, 3.8) is 0 Å². The lowest BCUT2D eigenvalue weighted by Crippen LogP contribution is -2.14. The van der Waals surface area contributed by atoms with Gasteiger partial charge in [0.25, 0.3) is 0 Å². The van der Waals surface area contributed by atoms with Crippen LogP contribution in [0.4, 0.5) is 0 Å². The highest BCUT2D eigenvalue weighted by Gasteiger charge is 2.21. The fourth-order valence-corrected chi connectivity index (χ4v) is 3.55. The number of nitrogens with zero attached hydrogens (tertiary/aromatic N) is 1. The van der Waals surface area contributed by atoms with Crippen LogP contribution in [0.15, 0.2) is 29.2 Å². The van der Waals surface area contributed by atoms with Crippen LogP contribution in [0, 0.1) is 0 Å². The van der Waals surface area contributed by atoms with E-state index in [1.165, 1.54) is 12.1 Å². The first-order chi connectivity index (χ1) is 9.95. The van der Waals surface area contributed by atoms with Gasteiger partial charge in [-0.3, -0.25) is 0 Å². The van der Waals surface area contributed by atoms with Crippen LogP contribution in [0.25, 0.3) is 10.9 Å². The van der Waals surface area contributed by atoms with Crippen LogP contribution in [0.5, 0.6) is 5.75 Å². The fraction of sp³-hybridized carbons (Fsp3) is 0.357. The van der Waals surface area contributed by atoms with Gasteiger partial charge in [0.05, 0.1) is 11.0 Å². The maximum atomic E-state index is 11.7. The zero-order chi connectivity index (χ0) is 15.0. The van der Waals surface area contributed by atoms with Crippen molar-refractivity contribution in [2.24, 2.45) is 5.14 Å². The van der Waals surface area contributed by atoms with Gasteiger partial charge in [-0.05, 0) is 49.9 Å². The quantitative estimate of drug-likeness (QED) is 0.879. The van der Waals surface area contributed by atoms with Crippen LogP contribution < -0.4 is 9.88 Å². The van der Waals surface area contributed by atoms with Gasteiger partial charge in [-0.15, -0.1) is 0 Å². The third kappa shape index (κ3) is 2.97. The minimum atomic E-state index is -3.82. The molecule has 3 rings (SSSR count). The molecule has 112 valence electrons. The second kappa shape index (κ2) is 5.44. The Labute approximate surface area is 128 Å². The summed E-state index contributed by atoms with van der Waals surface area (Å²) in [6.07, 6.45) is 4.44. The number of sulfonamides is 1. The van der Waals surface area contributed by atoms with Crippen LogP contribution >= 0.6 is 11.6 Å². The number of benzene rings is 1. The summed E-state index contributed by atoms with van der Waals surface area (Å²) in [5, 5.41) is 5.96. The van der Waals surface area contributed by atoms with Crippen molar-refractivity contribution >= 4 is 32.5 Å². The highest BCUT2D eigenvalue weighted by molar-refractivity contribution is 7.89. The van der Waals surface area contributed by atoms with Gasteiger partial charge in [-0.1, -0.05) is 11.6 Å². The molecule has 1 saturated carbocycles. The predicted molar refractivity (Wildman–Crippen MR) is 81.0 cm³/mol. The number of hydrogen-bond donors (Lipinski definition) is 1. The maximum Gasteiger partial charge on any atom is 0.238 e. The van der Waals surface area contributed by atoms with Gasteiger partial charge in [0.2, 0.25) is 10.0 Å². The van der Waals surface area contributed by atoms with Crippen LogP contribution in [0.1, 0.15) is 25.7 Å². The molecule has 1 heterocycles. The summed E-state index contributed by atoms with van der Waals surface area (Å²) in [6.45, 7) is 0. The van der Waals surface area contributed by atoms with Crippen molar-refractivity contribution in [2.75, 3.05) is 0 Å². The van der Waals surface area contributed by atoms with E-state index in [0.717, 1.165) is 25.7 Å². The second-order valence-electron chi connectivity index (χ2n) is 5.16. The van der Waals surface area contributed by atoms with Crippen molar-refractivity contribution in [3.8, 4) is 5.75 Å². The fourth-order valence-electron chi connectivity index (χ4n) is 2.67. The molecule has 21 heavy (non-hydrogen) atoms. The third-order valence-corrected chi connectivity index (χ3v) is 4.83. The van der Waals surface area contributed by atoms with Crippen molar-refractivity contribution in [1.82, 2.24) is 4.98 Å². The van der Waals surface area contributed by atoms with Gasteiger partial charge in [-0.2, -0.15) is 0 Å². The molecule has 1 aromatic carbocycles. The number of primary sulfonamides is 1. The molecule has 0 spiro atoms. The topological polar surface area (TPSA) is 82.3 Å². The molecule has 2 aromatic rings. The van der Waals surface area contributed by atoms with Gasteiger partial charge >= 0.3 is 0 Å². The van der Waals surface area contributed by atoms with E-state index in [9.17, 15) is 8.42 Å². The molecule has 0 saturated heterocycles. The Morgan fingerprint density at radius 3 is 2.57 bits per heavy atom. The summed E-state index contributed by atoms with van der Waals surface area (Å²) in [7, 11) is -3.82. The summed E-state index contributed by atoms with van der Waals surface area (Å²) in [5.41, 5.74) is 0.431. The average molecular weight is 327 g/mol. The Morgan fingerprint density at radius 2 is 1.90 bits per heavy atom. The molecule has 0 unspecified atom stereocenters. The molecule has 2 N–H and O–H groups in total. The minimum absolute atomic E-state index is 0.0282. The van der Waals surface area contributed by atoms with Crippen molar-refractivity contribution in [3.05, 3.63) is 29.4 Å². The molecule has 1 fully saturated rings. The zero-order valence-corrected chi connectivity index (χ0v) is 12.8. The van der Waals surface area contributed by atoms with Crippen LogP contribution in [0.2, 0.25) is 5.15 Å². The molecule has 0 radical (unpaired) electrons. The van der Waals surface area contributed by atoms with E-state index in [1.54, 1.807) is 12.1 Å². The Kier molecular flexibility index (Phi) is 3.77. The van der Waals surface area contributed by atoms with Crippen LogP contribution in [0.3, 0.4) is 0 Å². The van der Waals surface area contributed by atoms with E-state index >= 15 is 0 Å². The molecule has 1 aromatic heterocycles. The van der Waals surface area contributed by atoms with Gasteiger partial charge in [0.15, 0.2) is 0 Å². The highest BCUT2D eigenvalue weighted by atomic mass is 35.5. The number of halogens is 1. The molecular formula is C14H15ClN2O3S. The Hall–Kier alpha value is -1.37. The molecule has 5 nitrogen and oxygen atoms in total. The lowest BCUT2D eigenvalue weighted by atomic mass is 10.2. The van der Waals surface area contributed by atoms with E-state index in [2.05, 4.69) is 4.98 Å². The zero-order valence-electron chi connectivity index (χ0n) is 11.3. The first-order valence-corrected chi connectivity index (χ1v) is 8.66. The summed E-state index contributed by atoms with van der Waals surface area (Å²) < 4.78 is 29.3.